The van der Waals surface area contributed by atoms with Gasteiger partial charge in [-0.25, -0.2) is 0 Å². The highest BCUT2D eigenvalue weighted by molar-refractivity contribution is 6.80. The van der Waals surface area contributed by atoms with Gasteiger partial charge in [-0.3, -0.25) is 0 Å². The van der Waals surface area contributed by atoms with Crippen molar-refractivity contribution in [3.63, 3.8) is 0 Å². The average Bonchev–Trinajstić information content (AvgIpc) is 2.37. The first-order chi connectivity index (χ1) is 9.79. The largest absolute Gasteiger partial charge is 0.226 e. The van der Waals surface area contributed by atoms with Crippen LogP contribution in [0.2, 0.25) is 0 Å². The lowest BCUT2D eigenvalue weighted by Crippen LogP contribution is -2.54. The maximum absolute atomic E-state index is 6.36. The minimum Gasteiger partial charge on any atom is -0.0943 e. The van der Waals surface area contributed by atoms with E-state index in [1.807, 2.05) is 19.4 Å². The number of hydrogen-bond donors (Lipinski definition) is 0. The molecular weight excluding hydrogens is 475 g/mol. The molecule has 1 radical (unpaired) electrons. The van der Waals surface area contributed by atoms with E-state index >= 15 is 0 Å². The van der Waals surface area contributed by atoms with Crippen molar-refractivity contribution in [3.8, 4) is 0 Å². The molecule has 0 aliphatic carbocycles. The zero-order valence-corrected chi connectivity index (χ0v) is 17.8. The molecule has 0 aliphatic heterocycles. The highest BCUT2D eigenvalue weighted by Crippen LogP contribution is 2.65. The van der Waals surface area contributed by atoms with E-state index in [1.54, 1.807) is 18.2 Å². The smallest absolute Gasteiger partial charge is 0.0943 e. The molecule has 125 valence electrons. The number of hydrogen-bond acceptors (Lipinski definition) is 0. The highest BCUT2D eigenvalue weighted by atomic mass is 35.6. The topological polar surface area (TPSA) is 0 Å². The first-order valence-electron chi connectivity index (χ1n) is 5.93. The van der Waals surface area contributed by atoms with Crippen LogP contribution >= 0.6 is 104 Å². The zero-order chi connectivity index (χ0) is 17.4. The predicted molar refractivity (Wildman–Crippen MR) is 103 cm³/mol. The molecule has 0 nitrogen and oxygen atoms in total. The summed E-state index contributed by atoms with van der Waals surface area (Å²) in [5, 5.41) is 0. The lowest BCUT2D eigenvalue weighted by molar-refractivity contribution is 0.600. The molecule has 0 heterocycles. The monoisotopic (exact) mass is 481 g/mol. The first kappa shape index (κ1) is 21.9. The quantitative estimate of drug-likeness (QED) is 0.371. The van der Waals surface area contributed by atoms with E-state index in [9.17, 15) is 0 Å². The van der Waals surface area contributed by atoms with Gasteiger partial charge in [-0.2, -0.15) is 0 Å². The molecule has 0 spiro atoms. The third-order valence-corrected chi connectivity index (χ3v) is 8.31. The Morgan fingerprint density at radius 3 is 1.86 bits per heavy atom. The SMILES string of the molecule is CC[CH]c1cccc(C(Cl)(Cl)C(Cl)(Cl)C(Cl)(Cl)C(Cl)(Cl)Cl)c1. The first-order valence-corrected chi connectivity index (χ1v) is 9.33. The molecule has 0 saturated carbocycles. The van der Waals surface area contributed by atoms with Gasteiger partial charge in [0.1, 0.15) is 0 Å². The van der Waals surface area contributed by atoms with Gasteiger partial charge in [0.05, 0.1) is 0 Å². The van der Waals surface area contributed by atoms with Crippen LogP contribution in [0.5, 0.6) is 0 Å². The van der Waals surface area contributed by atoms with Crippen LogP contribution in [0, 0.1) is 6.42 Å². The molecule has 0 fully saturated rings. The van der Waals surface area contributed by atoms with Gasteiger partial charge < -0.3 is 0 Å². The zero-order valence-electron chi connectivity index (χ0n) is 11.0. The third kappa shape index (κ3) is 4.14. The van der Waals surface area contributed by atoms with Crippen LogP contribution in [0.3, 0.4) is 0 Å². The van der Waals surface area contributed by atoms with Gasteiger partial charge in [0, 0.05) is 0 Å². The van der Waals surface area contributed by atoms with Crippen LogP contribution in [0.4, 0.5) is 0 Å². The van der Waals surface area contributed by atoms with Gasteiger partial charge in [0.15, 0.2) is 8.67 Å². The van der Waals surface area contributed by atoms with Crippen molar-refractivity contribution in [1.29, 1.82) is 0 Å². The minimum atomic E-state index is -2.29. The molecule has 1 aromatic carbocycles. The maximum atomic E-state index is 6.36. The van der Waals surface area contributed by atoms with E-state index < -0.39 is 16.8 Å². The van der Waals surface area contributed by atoms with E-state index in [0.29, 0.717) is 5.56 Å². The Kier molecular flexibility index (Phi) is 7.56. The van der Waals surface area contributed by atoms with E-state index in [4.69, 9.17) is 104 Å². The van der Waals surface area contributed by atoms with Gasteiger partial charge in [-0.05, 0) is 24.0 Å². The number of halogens is 9. The summed E-state index contributed by atoms with van der Waals surface area (Å²) in [5.41, 5.74) is 1.24. The Morgan fingerprint density at radius 1 is 0.864 bits per heavy atom. The highest BCUT2D eigenvalue weighted by Gasteiger charge is 2.68. The number of rotatable bonds is 5. The van der Waals surface area contributed by atoms with Crippen molar-refractivity contribution in [3.05, 3.63) is 41.8 Å². The molecule has 1 aromatic rings. The molecule has 0 amide bonds. The summed E-state index contributed by atoms with van der Waals surface area (Å²) in [4.78, 5) is 0. The Morgan fingerprint density at radius 2 is 1.41 bits per heavy atom. The van der Waals surface area contributed by atoms with Crippen molar-refractivity contribution in [2.24, 2.45) is 0 Å². The summed E-state index contributed by atoms with van der Waals surface area (Å²) in [6.45, 7) is 1.99. The molecule has 0 unspecified atom stereocenters. The molecule has 0 saturated heterocycles. The fourth-order valence-corrected chi connectivity index (χ4v) is 3.87. The van der Waals surface area contributed by atoms with Crippen LogP contribution in [0.15, 0.2) is 24.3 Å². The van der Waals surface area contributed by atoms with Crippen molar-refractivity contribution in [1.82, 2.24) is 0 Å². The summed E-state index contributed by atoms with van der Waals surface area (Å²) < 4.78 is -8.70. The van der Waals surface area contributed by atoms with E-state index in [1.165, 1.54) is 0 Å². The van der Waals surface area contributed by atoms with Crippen molar-refractivity contribution in [2.45, 2.75) is 30.1 Å². The number of alkyl halides is 9. The van der Waals surface area contributed by atoms with Gasteiger partial charge in [-0.1, -0.05) is 136 Å². The molecule has 0 aromatic heterocycles. The molecular formula is C13H10Cl9. The maximum Gasteiger partial charge on any atom is 0.226 e. The van der Waals surface area contributed by atoms with Crippen molar-refractivity contribution in [2.75, 3.05) is 0 Å². The van der Waals surface area contributed by atoms with Gasteiger partial charge in [-0.15, -0.1) is 0 Å². The Hall–Kier alpha value is 1.83. The Labute approximate surface area is 175 Å². The molecule has 0 aliphatic rings. The third-order valence-electron chi connectivity index (χ3n) is 2.83. The second-order valence-corrected chi connectivity index (χ2v) is 10.7. The summed E-state index contributed by atoms with van der Waals surface area (Å²) in [7, 11) is 0. The lowest BCUT2D eigenvalue weighted by Gasteiger charge is -2.44. The molecule has 22 heavy (non-hydrogen) atoms. The fraction of sp³-hybridized carbons (Fsp3) is 0.462. The Bertz CT molecular complexity index is 516. The van der Waals surface area contributed by atoms with Crippen LogP contribution in [-0.2, 0) is 4.33 Å². The second kappa shape index (κ2) is 7.60. The minimum absolute atomic E-state index is 0.364. The normalized spacial score (nSPS) is 14.3. The van der Waals surface area contributed by atoms with E-state index in [2.05, 4.69) is 0 Å². The summed E-state index contributed by atoms with van der Waals surface area (Å²) in [6.07, 6.45) is 2.78. The summed E-state index contributed by atoms with van der Waals surface area (Å²) >= 11 is 54.6. The fourth-order valence-electron chi connectivity index (χ4n) is 1.65. The Balaban J connectivity index is 3.35. The van der Waals surface area contributed by atoms with Crippen LogP contribution in [0.25, 0.3) is 0 Å². The van der Waals surface area contributed by atoms with E-state index in [0.717, 1.165) is 12.0 Å². The summed E-state index contributed by atoms with van der Waals surface area (Å²) in [5.74, 6) is 0. The molecule has 0 bridgehead atoms. The summed E-state index contributed by atoms with van der Waals surface area (Å²) in [6, 6.07) is 6.92. The molecule has 1 rings (SSSR count). The van der Waals surface area contributed by atoms with Gasteiger partial charge in [0.25, 0.3) is 0 Å². The molecule has 0 N–H and O–H groups in total. The lowest BCUT2D eigenvalue weighted by atomic mass is 10.0. The van der Waals surface area contributed by atoms with Crippen molar-refractivity contribution >= 4 is 104 Å². The standard InChI is InChI=1S/C13H10Cl9/c1-2-4-8-5-3-6-9(7-8)10(14,15)11(16,17)12(18,19)13(20,21)22/h3-7H,2H2,1H3. The van der Waals surface area contributed by atoms with Crippen LogP contribution < -0.4 is 0 Å². The van der Waals surface area contributed by atoms with Crippen molar-refractivity contribution < 1.29 is 0 Å². The van der Waals surface area contributed by atoms with Crippen LogP contribution in [-0.4, -0.2) is 12.5 Å². The second-order valence-electron chi connectivity index (χ2n) is 4.46. The van der Waals surface area contributed by atoms with Gasteiger partial charge in [0.2, 0.25) is 8.13 Å². The predicted octanol–water partition coefficient (Wildman–Crippen LogP) is 8.00. The average molecular weight is 485 g/mol. The molecule has 0 atom stereocenters. The molecule has 9 heteroatoms. The van der Waals surface area contributed by atoms with E-state index in [-0.39, 0.29) is 0 Å². The number of benzene rings is 1. The van der Waals surface area contributed by atoms with Gasteiger partial charge >= 0.3 is 0 Å². The van der Waals surface area contributed by atoms with Crippen LogP contribution in [0.1, 0.15) is 24.5 Å².